The van der Waals surface area contributed by atoms with E-state index in [0.29, 0.717) is 0 Å². The van der Waals surface area contributed by atoms with Gasteiger partial charge in [0, 0.05) is 76.6 Å². The molecule has 2 aliphatic rings. The number of aromatic nitrogens is 1. The van der Waals surface area contributed by atoms with Crippen molar-refractivity contribution in [3.05, 3.63) is 204 Å². The van der Waals surface area contributed by atoms with Crippen LogP contribution < -0.4 is 20.5 Å². The molecule has 6 heteroatoms. The fourth-order valence-electron chi connectivity index (χ4n) is 12.2. The molecule has 0 radical (unpaired) electrons. The number of nitrogens with one attached hydrogen (secondary N) is 1. The summed E-state index contributed by atoms with van der Waals surface area (Å²) >= 11 is 1.95. The normalized spacial score (nSPS) is 13.7. The molecule has 0 fully saturated rings. The molecule has 73 heavy (non-hydrogen) atoms. The Labute approximate surface area is 431 Å². The summed E-state index contributed by atoms with van der Waals surface area (Å²) in [5, 5.41) is 10.1. The van der Waals surface area contributed by atoms with Crippen LogP contribution in [-0.2, 0) is 16.2 Å². The minimum atomic E-state index is -0.283. The number of furan rings is 1. The first-order valence-electron chi connectivity index (χ1n) is 25.8. The van der Waals surface area contributed by atoms with E-state index < -0.39 is 0 Å². The largest absolute Gasteiger partial charge is 0.456 e. The van der Waals surface area contributed by atoms with E-state index in [9.17, 15) is 0 Å². The van der Waals surface area contributed by atoms with Crippen LogP contribution >= 0.6 is 11.3 Å². The summed E-state index contributed by atoms with van der Waals surface area (Å²) in [4.78, 5) is 2.38. The second kappa shape index (κ2) is 15.6. The summed E-state index contributed by atoms with van der Waals surface area (Å²) < 4.78 is 12.0. The van der Waals surface area contributed by atoms with Gasteiger partial charge in [-0.1, -0.05) is 146 Å². The third kappa shape index (κ3) is 6.72. The predicted molar refractivity (Wildman–Crippen MR) is 315 cm³/mol. The van der Waals surface area contributed by atoms with Crippen LogP contribution in [0.25, 0.3) is 81.8 Å². The van der Waals surface area contributed by atoms with Gasteiger partial charge in [-0.3, -0.25) is 0 Å². The first kappa shape index (κ1) is 43.9. The smallest absolute Gasteiger partial charge is 0.211 e. The number of para-hydroxylation sites is 3. The number of benzene rings is 9. The lowest BCUT2D eigenvalue weighted by molar-refractivity contribution is 0.590. The van der Waals surface area contributed by atoms with Crippen LogP contribution in [0.15, 0.2) is 186 Å². The zero-order valence-corrected chi connectivity index (χ0v) is 43.6. The van der Waals surface area contributed by atoms with Gasteiger partial charge in [0.2, 0.25) is 7.28 Å². The van der Waals surface area contributed by atoms with Gasteiger partial charge in [0.25, 0.3) is 0 Å². The molecule has 354 valence electrons. The molecule has 12 aromatic rings. The van der Waals surface area contributed by atoms with Crippen molar-refractivity contribution in [2.75, 3.05) is 10.2 Å². The molecule has 1 N–H and O–H groups in total. The van der Waals surface area contributed by atoms with Crippen molar-refractivity contribution in [1.82, 2.24) is 4.57 Å². The summed E-state index contributed by atoms with van der Waals surface area (Å²) in [5.41, 5.74) is 22.7. The number of rotatable bonds is 6. The minimum absolute atomic E-state index is 0.0145. The molecule has 1 aliphatic carbocycles. The number of hydrogen-bond donors (Lipinski definition) is 1. The van der Waals surface area contributed by atoms with Crippen molar-refractivity contribution in [1.29, 1.82) is 0 Å². The van der Waals surface area contributed by atoms with Gasteiger partial charge in [-0.05, 0) is 151 Å². The number of fused-ring (bicyclic) bond motifs is 13. The third-order valence-corrected chi connectivity index (χ3v) is 17.3. The fourth-order valence-corrected chi connectivity index (χ4v) is 13.4. The van der Waals surface area contributed by atoms with Crippen LogP contribution in [0.2, 0.25) is 0 Å². The topological polar surface area (TPSA) is 33.3 Å². The first-order chi connectivity index (χ1) is 35.2. The maximum atomic E-state index is 6.60. The third-order valence-electron chi connectivity index (χ3n) is 16.1. The Morgan fingerprint density at radius 1 is 0.521 bits per heavy atom. The number of nitrogens with zero attached hydrogens (tertiary/aromatic N) is 2. The lowest BCUT2D eigenvalue weighted by Crippen LogP contribution is -2.35. The van der Waals surface area contributed by atoms with Gasteiger partial charge in [0.1, 0.15) is 11.2 Å². The molecule has 1 aliphatic heterocycles. The van der Waals surface area contributed by atoms with Crippen molar-refractivity contribution in [3.63, 3.8) is 0 Å². The second-order valence-electron chi connectivity index (χ2n) is 23.1. The summed E-state index contributed by atoms with van der Waals surface area (Å²) in [6, 6.07) is 67.8. The van der Waals surface area contributed by atoms with E-state index >= 15 is 0 Å². The highest BCUT2D eigenvalue weighted by molar-refractivity contribution is 7.29. The first-order valence-corrected chi connectivity index (χ1v) is 26.6. The highest BCUT2D eigenvalue weighted by Crippen LogP contribution is 2.54. The Morgan fingerprint density at radius 3 is 1.92 bits per heavy atom. The van der Waals surface area contributed by atoms with E-state index in [1.165, 1.54) is 92.3 Å². The lowest BCUT2D eigenvalue weighted by atomic mass is 9.63. The molecule has 0 saturated heterocycles. The maximum absolute atomic E-state index is 6.60. The monoisotopic (exact) mass is 961 g/mol. The quantitative estimate of drug-likeness (QED) is 0.169. The Hall–Kier alpha value is -7.80. The van der Waals surface area contributed by atoms with Crippen LogP contribution in [0.3, 0.4) is 0 Å². The molecule has 4 nitrogen and oxygen atoms in total. The summed E-state index contributed by atoms with van der Waals surface area (Å²) in [6.45, 7) is 18.6. The summed E-state index contributed by atoms with van der Waals surface area (Å²) in [5.74, 6) is 0. The van der Waals surface area contributed by atoms with E-state index in [2.05, 4.69) is 252 Å². The zero-order chi connectivity index (χ0) is 49.7. The molecule has 0 spiro atoms. The van der Waals surface area contributed by atoms with Gasteiger partial charge in [0.15, 0.2) is 0 Å². The maximum Gasteiger partial charge on any atom is 0.211 e. The van der Waals surface area contributed by atoms with Crippen molar-refractivity contribution in [2.24, 2.45) is 0 Å². The molecule has 14 rings (SSSR count). The molecular formula is C67H56BN3OS. The highest BCUT2D eigenvalue weighted by Gasteiger charge is 2.38. The average molecular weight is 962 g/mol. The van der Waals surface area contributed by atoms with Crippen LogP contribution in [0.4, 0.5) is 28.4 Å². The molecular weight excluding hydrogens is 906 g/mol. The van der Waals surface area contributed by atoms with Crippen LogP contribution in [-0.4, -0.2) is 11.8 Å². The van der Waals surface area contributed by atoms with Crippen LogP contribution in [0.1, 0.15) is 77.6 Å². The van der Waals surface area contributed by atoms with Crippen molar-refractivity contribution in [2.45, 2.75) is 71.6 Å². The van der Waals surface area contributed by atoms with Crippen LogP contribution in [0, 0.1) is 0 Å². The standard InChI is InChI=1S/C67H56BN3OS/c1-65(2,3)39-23-26-41(27-24-39)69-56-38-55-49(45-29-28-44(34-54(45)67(55,7)8)70(42-17-11-9-12-18-42)43-19-13-10-14-20-43)35-50(56)47-30-31-48-51-37-59-52(46-21-15-16-22-58(46)72-59)36-57(51)71-62(48)61(47)68-64-63(71)53-33-40(66(4,5)6)25-32-60(53)73-64/h9-38,68-69H,1-8H3. The zero-order valence-electron chi connectivity index (χ0n) is 42.7. The highest BCUT2D eigenvalue weighted by atomic mass is 32.1. The minimum Gasteiger partial charge on any atom is -0.456 e. The molecule has 0 amide bonds. The van der Waals surface area contributed by atoms with Crippen molar-refractivity contribution >= 4 is 111 Å². The Kier molecular flexibility index (Phi) is 9.39. The van der Waals surface area contributed by atoms with Crippen LogP contribution in [0.5, 0.6) is 0 Å². The molecule has 0 unspecified atom stereocenters. The molecule has 4 heterocycles. The van der Waals surface area contributed by atoms with E-state index in [1.54, 1.807) is 0 Å². The van der Waals surface area contributed by atoms with Gasteiger partial charge >= 0.3 is 0 Å². The summed E-state index contributed by atoms with van der Waals surface area (Å²) in [7, 11) is 0.832. The Bertz CT molecular complexity index is 4200. The van der Waals surface area contributed by atoms with E-state index in [0.717, 1.165) is 57.7 Å². The number of hydrogen-bond acceptors (Lipinski definition) is 4. The van der Waals surface area contributed by atoms with Gasteiger partial charge in [-0.25, -0.2) is 0 Å². The van der Waals surface area contributed by atoms with Gasteiger partial charge < -0.3 is 19.2 Å². The van der Waals surface area contributed by atoms with E-state index in [4.69, 9.17) is 4.42 Å². The number of anilines is 5. The Morgan fingerprint density at radius 2 is 1.19 bits per heavy atom. The second-order valence-corrected chi connectivity index (χ2v) is 24.2. The van der Waals surface area contributed by atoms with Crippen molar-refractivity contribution < 1.29 is 4.42 Å². The van der Waals surface area contributed by atoms with E-state index in [1.807, 2.05) is 11.3 Å². The van der Waals surface area contributed by atoms with Crippen molar-refractivity contribution in [3.8, 4) is 27.9 Å². The van der Waals surface area contributed by atoms with Gasteiger partial charge in [-0.2, -0.15) is 0 Å². The number of thiophene rings is 1. The molecule has 3 aromatic heterocycles. The molecule has 0 bridgehead atoms. The fraction of sp³-hybridized carbons (Fsp3) is 0.164. The Balaban J connectivity index is 1.02. The molecule has 0 saturated carbocycles. The lowest BCUT2D eigenvalue weighted by Gasteiger charge is -2.28. The van der Waals surface area contributed by atoms with Gasteiger partial charge in [-0.15, -0.1) is 11.3 Å². The molecule has 0 atom stereocenters. The van der Waals surface area contributed by atoms with E-state index in [-0.39, 0.29) is 16.2 Å². The molecule has 9 aromatic carbocycles. The predicted octanol–water partition coefficient (Wildman–Crippen LogP) is 17.4. The average Bonchev–Trinajstić information content (AvgIpc) is 4.10. The van der Waals surface area contributed by atoms with Gasteiger partial charge in [0.05, 0.1) is 11.2 Å². The summed E-state index contributed by atoms with van der Waals surface area (Å²) in [6.07, 6.45) is 0. The SMILES string of the molecule is CC(C)(C)c1ccc(Nc2cc3c(cc2-c2ccc4c5cc6oc7ccccc7c6cc5n5c4c2Bc2sc4ccc(C(C)(C)C)cc4c2-5)-c2ccc(N(c4ccccc4)c4ccccc4)cc2C3(C)C)cc1.